The first-order chi connectivity index (χ1) is 4.40. The van der Waals surface area contributed by atoms with E-state index in [1.54, 1.807) is 5.57 Å². The molecule has 1 aliphatic heterocycles. The molecular weight excluding hydrogens is 112 g/mol. The number of hydrogen-bond donors (Lipinski definition) is 0. The SMILES string of the molecule is CCC1=CCC2OC2C1. The average molecular weight is 124 g/mol. The van der Waals surface area contributed by atoms with E-state index < -0.39 is 0 Å². The van der Waals surface area contributed by atoms with Gasteiger partial charge in [0.05, 0.1) is 12.2 Å². The third-order valence-electron chi connectivity index (χ3n) is 2.24. The van der Waals surface area contributed by atoms with Crippen molar-refractivity contribution >= 4 is 0 Å². The van der Waals surface area contributed by atoms with Gasteiger partial charge in [0, 0.05) is 0 Å². The Balaban J connectivity index is 2.02. The van der Waals surface area contributed by atoms with E-state index in [0.29, 0.717) is 12.2 Å². The molecule has 0 aromatic rings. The summed E-state index contributed by atoms with van der Waals surface area (Å²) in [5.41, 5.74) is 1.59. The molecule has 0 aromatic carbocycles. The van der Waals surface area contributed by atoms with Crippen LogP contribution in [0, 0.1) is 0 Å². The summed E-state index contributed by atoms with van der Waals surface area (Å²) in [5, 5.41) is 0. The Morgan fingerprint density at radius 3 is 3.22 bits per heavy atom. The van der Waals surface area contributed by atoms with Gasteiger partial charge < -0.3 is 4.74 Å². The molecule has 1 heteroatoms. The van der Waals surface area contributed by atoms with Crippen molar-refractivity contribution in [1.29, 1.82) is 0 Å². The van der Waals surface area contributed by atoms with Crippen molar-refractivity contribution in [1.82, 2.24) is 0 Å². The van der Waals surface area contributed by atoms with E-state index in [9.17, 15) is 0 Å². The Kier molecular flexibility index (Phi) is 1.12. The maximum Gasteiger partial charge on any atom is 0.0882 e. The van der Waals surface area contributed by atoms with Crippen LogP contribution in [0.5, 0.6) is 0 Å². The van der Waals surface area contributed by atoms with E-state index in [4.69, 9.17) is 4.74 Å². The van der Waals surface area contributed by atoms with Gasteiger partial charge in [-0.2, -0.15) is 0 Å². The highest BCUT2D eigenvalue weighted by atomic mass is 16.6. The molecule has 9 heavy (non-hydrogen) atoms. The van der Waals surface area contributed by atoms with Crippen LogP contribution in [0.25, 0.3) is 0 Å². The molecule has 1 fully saturated rings. The summed E-state index contributed by atoms with van der Waals surface area (Å²) in [6, 6.07) is 0. The summed E-state index contributed by atoms with van der Waals surface area (Å²) in [6.07, 6.45) is 7.17. The van der Waals surface area contributed by atoms with E-state index in [1.807, 2.05) is 0 Å². The molecule has 2 unspecified atom stereocenters. The third-order valence-corrected chi connectivity index (χ3v) is 2.24. The lowest BCUT2D eigenvalue weighted by molar-refractivity contribution is 0.375. The number of hydrogen-bond acceptors (Lipinski definition) is 1. The zero-order valence-corrected chi connectivity index (χ0v) is 5.76. The quantitative estimate of drug-likeness (QED) is 0.384. The molecule has 0 saturated carbocycles. The maximum absolute atomic E-state index is 5.36. The molecule has 1 saturated heterocycles. The molecule has 2 rings (SSSR count). The van der Waals surface area contributed by atoms with E-state index in [-0.39, 0.29) is 0 Å². The number of rotatable bonds is 1. The molecular formula is C8H12O. The van der Waals surface area contributed by atoms with Crippen LogP contribution >= 0.6 is 0 Å². The first kappa shape index (κ1) is 5.48. The van der Waals surface area contributed by atoms with Crippen molar-refractivity contribution in [3.63, 3.8) is 0 Å². The van der Waals surface area contributed by atoms with Gasteiger partial charge >= 0.3 is 0 Å². The summed E-state index contributed by atoms with van der Waals surface area (Å²) in [6.45, 7) is 2.22. The fraction of sp³-hybridized carbons (Fsp3) is 0.750. The molecule has 0 aromatic heterocycles. The van der Waals surface area contributed by atoms with Crippen molar-refractivity contribution in [2.75, 3.05) is 0 Å². The second-order valence-corrected chi connectivity index (χ2v) is 2.87. The Morgan fingerprint density at radius 2 is 2.56 bits per heavy atom. The van der Waals surface area contributed by atoms with E-state index in [2.05, 4.69) is 13.0 Å². The highest BCUT2D eigenvalue weighted by molar-refractivity contribution is 5.13. The second kappa shape index (κ2) is 1.84. The average Bonchev–Trinajstić information content (AvgIpc) is 2.64. The van der Waals surface area contributed by atoms with E-state index >= 15 is 0 Å². The lowest BCUT2D eigenvalue weighted by Gasteiger charge is -2.04. The van der Waals surface area contributed by atoms with Gasteiger partial charge in [0.25, 0.3) is 0 Å². The number of ether oxygens (including phenoxy) is 1. The van der Waals surface area contributed by atoms with E-state index in [0.717, 1.165) is 0 Å². The Labute approximate surface area is 55.7 Å². The van der Waals surface area contributed by atoms with Crippen molar-refractivity contribution in [2.24, 2.45) is 0 Å². The van der Waals surface area contributed by atoms with Crippen LogP contribution in [0.4, 0.5) is 0 Å². The monoisotopic (exact) mass is 124 g/mol. The molecule has 2 aliphatic rings. The van der Waals surface area contributed by atoms with E-state index in [1.165, 1.54) is 19.3 Å². The fourth-order valence-corrected chi connectivity index (χ4v) is 1.48. The van der Waals surface area contributed by atoms with Crippen LogP contribution in [0.1, 0.15) is 26.2 Å². The number of epoxide rings is 1. The highest BCUT2D eigenvalue weighted by Crippen LogP contribution is 2.36. The zero-order chi connectivity index (χ0) is 6.27. The van der Waals surface area contributed by atoms with Crippen LogP contribution < -0.4 is 0 Å². The van der Waals surface area contributed by atoms with Gasteiger partial charge in [-0.3, -0.25) is 0 Å². The third kappa shape index (κ3) is 0.897. The van der Waals surface area contributed by atoms with Crippen molar-refractivity contribution in [2.45, 2.75) is 38.4 Å². The van der Waals surface area contributed by atoms with Crippen molar-refractivity contribution in [3.8, 4) is 0 Å². The minimum absolute atomic E-state index is 0.611. The smallest absolute Gasteiger partial charge is 0.0882 e. The summed E-state index contributed by atoms with van der Waals surface area (Å²) in [4.78, 5) is 0. The highest BCUT2D eigenvalue weighted by Gasteiger charge is 2.40. The van der Waals surface area contributed by atoms with Crippen molar-refractivity contribution in [3.05, 3.63) is 11.6 Å². The van der Waals surface area contributed by atoms with Gasteiger partial charge in [0.15, 0.2) is 0 Å². The molecule has 1 heterocycles. The molecule has 0 radical (unpaired) electrons. The molecule has 1 nitrogen and oxygen atoms in total. The molecule has 0 spiro atoms. The molecule has 50 valence electrons. The van der Waals surface area contributed by atoms with Crippen LogP contribution in [-0.4, -0.2) is 12.2 Å². The lowest BCUT2D eigenvalue weighted by Crippen LogP contribution is -2.00. The Bertz CT molecular complexity index is 149. The van der Waals surface area contributed by atoms with Crippen LogP contribution in [-0.2, 0) is 4.74 Å². The summed E-state index contributed by atoms with van der Waals surface area (Å²) < 4.78 is 5.36. The van der Waals surface area contributed by atoms with Gasteiger partial charge in [-0.1, -0.05) is 18.6 Å². The van der Waals surface area contributed by atoms with Gasteiger partial charge in [0.1, 0.15) is 0 Å². The van der Waals surface area contributed by atoms with Crippen molar-refractivity contribution < 1.29 is 4.74 Å². The first-order valence-electron chi connectivity index (χ1n) is 3.73. The molecule has 0 N–H and O–H groups in total. The molecule has 0 bridgehead atoms. The predicted octanol–water partition coefficient (Wildman–Crippen LogP) is 1.88. The van der Waals surface area contributed by atoms with Gasteiger partial charge in [-0.25, -0.2) is 0 Å². The van der Waals surface area contributed by atoms with Crippen LogP contribution in [0.3, 0.4) is 0 Å². The largest absolute Gasteiger partial charge is 0.369 e. The zero-order valence-electron chi connectivity index (χ0n) is 5.76. The number of fused-ring (bicyclic) bond motifs is 1. The van der Waals surface area contributed by atoms with Gasteiger partial charge in [0.2, 0.25) is 0 Å². The summed E-state index contributed by atoms with van der Waals surface area (Å²) in [7, 11) is 0. The van der Waals surface area contributed by atoms with Gasteiger partial charge in [-0.15, -0.1) is 0 Å². The second-order valence-electron chi connectivity index (χ2n) is 2.87. The molecule has 0 amide bonds. The molecule has 2 atom stereocenters. The van der Waals surface area contributed by atoms with Crippen LogP contribution in [0.15, 0.2) is 11.6 Å². The first-order valence-corrected chi connectivity index (χ1v) is 3.73. The summed E-state index contributed by atoms with van der Waals surface area (Å²) >= 11 is 0. The Morgan fingerprint density at radius 1 is 1.67 bits per heavy atom. The van der Waals surface area contributed by atoms with Crippen LogP contribution in [0.2, 0.25) is 0 Å². The standard InChI is InChI=1S/C8H12O/c1-2-6-3-4-7-8(5-6)9-7/h3,7-8H,2,4-5H2,1H3. The Hall–Kier alpha value is -0.300. The normalized spacial score (nSPS) is 39.4. The summed E-state index contributed by atoms with van der Waals surface area (Å²) in [5.74, 6) is 0. The van der Waals surface area contributed by atoms with Gasteiger partial charge in [-0.05, 0) is 19.3 Å². The maximum atomic E-state index is 5.36. The molecule has 1 aliphatic carbocycles. The predicted molar refractivity (Wildman–Crippen MR) is 36.3 cm³/mol. The fourth-order valence-electron chi connectivity index (χ4n) is 1.48. The topological polar surface area (TPSA) is 12.5 Å². The lowest BCUT2D eigenvalue weighted by atomic mass is 9.98. The minimum atomic E-state index is 0.611. The minimum Gasteiger partial charge on any atom is -0.369 e.